The maximum Gasteiger partial charge on any atom is 0.461 e. The Morgan fingerprint density at radius 3 is 2.07 bits per heavy atom. The topological polar surface area (TPSA) is 44.8 Å². The molecule has 0 spiro atoms. The lowest BCUT2D eigenvalue weighted by atomic mass is 9.86. The molecule has 1 aliphatic heterocycles. The lowest BCUT2D eigenvalue weighted by molar-refractivity contribution is -0.140. The van der Waals surface area contributed by atoms with Crippen molar-refractivity contribution < 1.29 is 18.8 Å². The third-order valence-electron chi connectivity index (χ3n) is 2.96. The summed E-state index contributed by atoms with van der Waals surface area (Å²) >= 11 is 0. The zero-order chi connectivity index (χ0) is 11.7. The van der Waals surface area contributed by atoms with Gasteiger partial charge in [0.05, 0.1) is 17.8 Å². The van der Waals surface area contributed by atoms with E-state index >= 15 is 0 Å². The highest BCUT2D eigenvalue weighted by Gasteiger charge is 2.50. The van der Waals surface area contributed by atoms with Gasteiger partial charge in [-0.1, -0.05) is 0 Å². The van der Waals surface area contributed by atoms with E-state index in [4.69, 9.17) is 14.0 Å². The van der Waals surface area contributed by atoms with Gasteiger partial charge in [0, 0.05) is 13.2 Å². The molecule has 1 heterocycles. The van der Waals surface area contributed by atoms with Crippen molar-refractivity contribution in [3.8, 4) is 0 Å². The SMILES string of the molecule is CC(=O)OCCB1OC(C)(C)C(C)(C)O1. The van der Waals surface area contributed by atoms with Gasteiger partial charge in [-0.2, -0.15) is 0 Å². The normalized spacial score (nSPS) is 22.9. The summed E-state index contributed by atoms with van der Waals surface area (Å²) in [6, 6.07) is 0. The van der Waals surface area contributed by atoms with Gasteiger partial charge in [0.2, 0.25) is 0 Å². The van der Waals surface area contributed by atoms with E-state index in [9.17, 15) is 4.79 Å². The zero-order valence-corrected chi connectivity index (χ0v) is 10.1. The minimum absolute atomic E-state index is 0.272. The minimum atomic E-state index is -0.312. The first-order valence-electron chi connectivity index (χ1n) is 5.23. The van der Waals surface area contributed by atoms with Gasteiger partial charge in [-0.25, -0.2) is 0 Å². The Labute approximate surface area is 91.4 Å². The zero-order valence-electron chi connectivity index (χ0n) is 10.1. The average molecular weight is 214 g/mol. The minimum Gasteiger partial charge on any atom is -0.466 e. The lowest BCUT2D eigenvalue weighted by Crippen LogP contribution is -2.41. The highest BCUT2D eigenvalue weighted by atomic mass is 16.7. The number of carbonyl (C=O) groups excluding carboxylic acids is 1. The van der Waals surface area contributed by atoms with Crippen LogP contribution in [0.1, 0.15) is 34.6 Å². The number of esters is 1. The molecule has 5 heteroatoms. The molecule has 0 aromatic rings. The molecule has 4 nitrogen and oxygen atoms in total. The number of hydrogen-bond donors (Lipinski definition) is 0. The van der Waals surface area contributed by atoms with Crippen LogP contribution >= 0.6 is 0 Å². The van der Waals surface area contributed by atoms with E-state index in [2.05, 4.69) is 0 Å². The molecular weight excluding hydrogens is 195 g/mol. The largest absolute Gasteiger partial charge is 0.466 e. The highest BCUT2D eigenvalue weighted by Crippen LogP contribution is 2.37. The monoisotopic (exact) mass is 214 g/mol. The first-order chi connectivity index (χ1) is 6.74. The third-order valence-corrected chi connectivity index (χ3v) is 2.96. The van der Waals surface area contributed by atoms with Crippen LogP contribution < -0.4 is 0 Å². The summed E-state index contributed by atoms with van der Waals surface area (Å²) in [5.41, 5.74) is -0.623. The van der Waals surface area contributed by atoms with Gasteiger partial charge in [-0.05, 0) is 27.7 Å². The van der Waals surface area contributed by atoms with Gasteiger partial charge in [0.25, 0.3) is 0 Å². The maximum atomic E-state index is 10.6. The van der Waals surface area contributed by atoms with Gasteiger partial charge in [0.15, 0.2) is 0 Å². The van der Waals surface area contributed by atoms with Crippen molar-refractivity contribution in [3.63, 3.8) is 0 Å². The first-order valence-corrected chi connectivity index (χ1v) is 5.23. The second kappa shape index (κ2) is 4.14. The summed E-state index contributed by atoms with van der Waals surface area (Å²) in [6.07, 6.45) is 0.576. The van der Waals surface area contributed by atoms with Crippen molar-refractivity contribution in [1.82, 2.24) is 0 Å². The molecule has 0 radical (unpaired) electrons. The molecule has 0 aliphatic carbocycles. The fourth-order valence-corrected chi connectivity index (χ4v) is 1.38. The quantitative estimate of drug-likeness (QED) is 0.529. The molecule has 1 fully saturated rings. The van der Waals surface area contributed by atoms with Crippen LogP contribution in [0.2, 0.25) is 6.32 Å². The first kappa shape index (κ1) is 12.5. The fourth-order valence-electron chi connectivity index (χ4n) is 1.38. The van der Waals surface area contributed by atoms with Gasteiger partial charge < -0.3 is 14.0 Å². The molecule has 0 amide bonds. The molecule has 0 aromatic carbocycles. The van der Waals surface area contributed by atoms with Crippen LogP contribution in [-0.4, -0.2) is 30.9 Å². The molecule has 15 heavy (non-hydrogen) atoms. The van der Waals surface area contributed by atoms with Crippen LogP contribution in [0.15, 0.2) is 0 Å². The Hall–Kier alpha value is -0.545. The Bertz CT molecular complexity index is 234. The lowest BCUT2D eigenvalue weighted by Gasteiger charge is -2.32. The van der Waals surface area contributed by atoms with Crippen LogP contribution in [0.25, 0.3) is 0 Å². The van der Waals surface area contributed by atoms with Crippen LogP contribution in [0.3, 0.4) is 0 Å². The van der Waals surface area contributed by atoms with Gasteiger partial charge in [-0.15, -0.1) is 0 Å². The van der Waals surface area contributed by atoms with E-state index in [1.54, 1.807) is 0 Å². The highest BCUT2D eigenvalue weighted by molar-refractivity contribution is 6.45. The predicted octanol–water partition coefficient (Wildman–Crippen LogP) is 1.64. The van der Waals surface area contributed by atoms with Crippen molar-refractivity contribution >= 4 is 13.1 Å². The molecule has 1 rings (SSSR count). The summed E-state index contributed by atoms with van der Waals surface area (Å²) < 4.78 is 16.3. The Kier molecular flexibility index (Phi) is 3.46. The Balaban J connectivity index is 2.39. The molecule has 0 bridgehead atoms. The van der Waals surface area contributed by atoms with Gasteiger partial charge in [0.1, 0.15) is 0 Å². The van der Waals surface area contributed by atoms with E-state index in [0.717, 1.165) is 0 Å². The maximum absolute atomic E-state index is 10.6. The number of carbonyl (C=O) groups is 1. The standard InChI is InChI=1S/C10H19BO4/c1-8(12)13-7-6-11-14-9(2,3)10(4,5)15-11/h6-7H2,1-5H3. The summed E-state index contributed by atoms with van der Waals surface area (Å²) in [6.45, 7) is 9.73. The number of ether oxygens (including phenoxy) is 1. The second-order valence-electron chi connectivity index (χ2n) is 4.81. The van der Waals surface area contributed by atoms with Crippen molar-refractivity contribution in [2.45, 2.75) is 52.1 Å². The van der Waals surface area contributed by atoms with E-state index in [1.165, 1.54) is 6.92 Å². The van der Waals surface area contributed by atoms with E-state index in [-0.39, 0.29) is 24.3 Å². The van der Waals surface area contributed by atoms with E-state index < -0.39 is 0 Å². The molecule has 0 aromatic heterocycles. The van der Waals surface area contributed by atoms with E-state index in [1.807, 2.05) is 27.7 Å². The Morgan fingerprint density at radius 1 is 1.20 bits per heavy atom. The molecule has 0 saturated carbocycles. The predicted molar refractivity (Wildman–Crippen MR) is 57.5 cm³/mol. The summed E-state index contributed by atoms with van der Waals surface area (Å²) in [5, 5.41) is 0. The average Bonchev–Trinajstić information content (AvgIpc) is 2.19. The van der Waals surface area contributed by atoms with Gasteiger partial charge in [-0.3, -0.25) is 4.79 Å². The van der Waals surface area contributed by atoms with Gasteiger partial charge >= 0.3 is 13.1 Å². The summed E-state index contributed by atoms with van der Waals surface area (Å²) in [7, 11) is -0.283. The number of rotatable bonds is 3. The van der Waals surface area contributed by atoms with E-state index in [0.29, 0.717) is 12.9 Å². The smallest absolute Gasteiger partial charge is 0.461 e. The van der Waals surface area contributed by atoms with Crippen molar-refractivity contribution in [1.29, 1.82) is 0 Å². The van der Waals surface area contributed by atoms with Crippen molar-refractivity contribution in [2.24, 2.45) is 0 Å². The molecule has 0 N–H and O–H groups in total. The van der Waals surface area contributed by atoms with Crippen molar-refractivity contribution in [2.75, 3.05) is 6.61 Å². The fraction of sp³-hybridized carbons (Fsp3) is 0.900. The Morgan fingerprint density at radius 2 is 1.67 bits per heavy atom. The summed E-state index contributed by atoms with van der Waals surface area (Å²) in [5.74, 6) is -0.272. The van der Waals surface area contributed by atoms with Crippen LogP contribution in [0.4, 0.5) is 0 Å². The van der Waals surface area contributed by atoms with Crippen LogP contribution in [-0.2, 0) is 18.8 Å². The molecule has 0 atom stereocenters. The molecule has 0 unspecified atom stereocenters. The molecule has 1 saturated heterocycles. The second-order valence-corrected chi connectivity index (χ2v) is 4.81. The van der Waals surface area contributed by atoms with Crippen LogP contribution in [0, 0.1) is 0 Å². The molecule has 1 aliphatic rings. The molecular formula is C10H19BO4. The molecule has 86 valence electrons. The third kappa shape index (κ3) is 2.95. The van der Waals surface area contributed by atoms with Crippen molar-refractivity contribution in [3.05, 3.63) is 0 Å². The number of hydrogen-bond acceptors (Lipinski definition) is 4. The summed E-state index contributed by atoms with van der Waals surface area (Å²) in [4.78, 5) is 10.6. The van der Waals surface area contributed by atoms with Crippen LogP contribution in [0.5, 0.6) is 0 Å².